The summed E-state index contributed by atoms with van der Waals surface area (Å²) in [5.74, 6) is 0.0439. The Labute approximate surface area is 82.8 Å². The van der Waals surface area contributed by atoms with Crippen molar-refractivity contribution in [1.82, 2.24) is 0 Å². The minimum absolute atomic E-state index is 0.0439. The molecule has 0 atom stereocenters. The van der Waals surface area contributed by atoms with Gasteiger partial charge in [0.05, 0.1) is 0 Å². The molecule has 2 N–H and O–H groups in total. The summed E-state index contributed by atoms with van der Waals surface area (Å²) in [5, 5.41) is 17.7. The zero-order valence-electron chi connectivity index (χ0n) is 7.86. The van der Waals surface area contributed by atoms with Crippen LogP contribution in [0.4, 0.5) is 0 Å². The van der Waals surface area contributed by atoms with Gasteiger partial charge in [0.2, 0.25) is 0 Å². The average Bonchev–Trinajstić information content (AvgIpc) is 2.53. The molecule has 2 nitrogen and oxygen atoms in total. The van der Waals surface area contributed by atoms with E-state index >= 15 is 0 Å². The molecule has 1 aromatic rings. The van der Waals surface area contributed by atoms with Gasteiger partial charge in [-0.1, -0.05) is 0 Å². The van der Waals surface area contributed by atoms with E-state index in [0.29, 0.717) is 0 Å². The van der Waals surface area contributed by atoms with Crippen LogP contribution in [0.1, 0.15) is 16.2 Å². The third-order valence-corrected chi connectivity index (χ3v) is 3.17. The molecule has 0 aromatic carbocycles. The highest BCUT2D eigenvalue weighted by Crippen LogP contribution is 2.18. The summed E-state index contributed by atoms with van der Waals surface area (Å²) in [4.78, 5) is 2.66. The van der Waals surface area contributed by atoms with Crippen LogP contribution in [0.5, 0.6) is 0 Å². The summed E-state index contributed by atoms with van der Waals surface area (Å²) in [6.45, 7) is 2.26. The van der Waals surface area contributed by atoms with Gasteiger partial charge in [-0.25, -0.2) is 0 Å². The van der Waals surface area contributed by atoms with Gasteiger partial charge in [-0.3, -0.25) is 0 Å². The van der Waals surface area contributed by atoms with E-state index in [2.05, 4.69) is 19.1 Å². The molecule has 0 fully saturated rings. The van der Waals surface area contributed by atoms with Crippen molar-refractivity contribution in [3.8, 4) is 0 Å². The summed E-state index contributed by atoms with van der Waals surface area (Å²) in [5.41, 5.74) is 0. The first-order valence-corrected chi connectivity index (χ1v) is 5.35. The van der Waals surface area contributed by atoms with E-state index in [9.17, 15) is 0 Å². The molecule has 13 heavy (non-hydrogen) atoms. The number of aryl methyl sites for hydroxylation is 2. The third kappa shape index (κ3) is 3.46. The van der Waals surface area contributed by atoms with Crippen molar-refractivity contribution in [2.24, 2.45) is 5.92 Å². The fourth-order valence-electron chi connectivity index (χ4n) is 1.21. The maximum atomic E-state index is 8.85. The fraction of sp³-hybridized carbons (Fsp3) is 0.600. The van der Waals surface area contributed by atoms with Crippen molar-refractivity contribution in [2.75, 3.05) is 13.2 Å². The fourth-order valence-corrected chi connectivity index (χ4v) is 2.11. The van der Waals surface area contributed by atoms with Gasteiger partial charge in [-0.2, -0.15) is 0 Å². The number of aliphatic hydroxyl groups excluding tert-OH is 2. The second kappa shape index (κ2) is 5.37. The van der Waals surface area contributed by atoms with E-state index in [4.69, 9.17) is 10.2 Å². The van der Waals surface area contributed by atoms with Crippen LogP contribution in [0.2, 0.25) is 0 Å². The largest absolute Gasteiger partial charge is 0.396 e. The van der Waals surface area contributed by atoms with Crippen LogP contribution in [-0.4, -0.2) is 23.4 Å². The van der Waals surface area contributed by atoms with E-state index < -0.39 is 0 Å². The average molecular weight is 200 g/mol. The Balaban J connectivity index is 2.33. The molecule has 0 saturated heterocycles. The van der Waals surface area contributed by atoms with Gasteiger partial charge in [-0.15, -0.1) is 11.3 Å². The zero-order valence-corrected chi connectivity index (χ0v) is 8.68. The molecule has 0 bridgehead atoms. The lowest BCUT2D eigenvalue weighted by Gasteiger charge is -2.08. The molecular weight excluding hydrogens is 184 g/mol. The second-order valence-corrected chi connectivity index (χ2v) is 4.65. The first kappa shape index (κ1) is 10.7. The first-order valence-electron chi connectivity index (χ1n) is 4.53. The lowest BCUT2D eigenvalue weighted by atomic mass is 10.1. The Kier molecular flexibility index (Phi) is 4.42. The van der Waals surface area contributed by atoms with Crippen molar-refractivity contribution in [1.29, 1.82) is 0 Å². The predicted molar refractivity (Wildman–Crippen MR) is 55.0 cm³/mol. The Hall–Kier alpha value is -0.380. The van der Waals surface area contributed by atoms with Gasteiger partial charge in [-0.05, 0) is 31.9 Å². The van der Waals surface area contributed by atoms with Gasteiger partial charge in [0.25, 0.3) is 0 Å². The summed E-state index contributed by atoms with van der Waals surface area (Å²) in [6, 6.07) is 4.22. The molecule has 74 valence electrons. The Bertz CT molecular complexity index is 241. The summed E-state index contributed by atoms with van der Waals surface area (Å²) >= 11 is 1.79. The van der Waals surface area contributed by atoms with Crippen LogP contribution < -0.4 is 0 Å². The first-order chi connectivity index (χ1) is 6.26. The molecule has 1 rings (SSSR count). The van der Waals surface area contributed by atoms with E-state index in [1.807, 2.05) is 0 Å². The minimum Gasteiger partial charge on any atom is -0.396 e. The molecule has 0 aliphatic carbocycles. The SMILES string of the molecule is Cc1ccc(CCC(CO)CO)s1. The minimum atomic E-state index is 0.0439. The maximum Gasteiger partial charge on any atom is 0.0481 e. The Morgan fingerprint density at radius 2 is 2.00 bits per heavy atom. The lowest BCUT2D eigenvalue weighted by Crippen LogP contribution is -2.11. The molecule has 1 aromatic heterocycles. The molecule has 0 spiro atoms. The molecule has 0 aliphatic rings. The summed E-state index contributed by atoms with van der Waals surface area (Å²) < 4.78 is 0. The molecule has 0 aliphatic heterocycles. The number of hydrogen-bond donors (Lipinski definition) is 2. The van der Waals surface area contributed by atoms with Crippen LogP contribution in [0, 0.1) is 12.8 Å². The topological polar surface area (TPSA) is 40.5 Å². The predicted octanol–water partition coefficient (Wildman–Crippen LogP) is 1.59. The van der Waals surface area contributed by atoms with Crippen molar-refractivity contribution in [2.45, 2.75) is 19.8 Å². The highest BCUT2D eigenvalue weighted by atomic mass is 32.1. The van der Waals surface area contributed by atoms with E-state index in [-0.39, 0.29) is 19.1 Å². The number of rotatable bonds is 5. The quantitative estimate of drug-likeness (QED) is 0.757. The molecule has 0 radical (unpaired) electrons. The van der Waals surface area contributed by atoms with Gasteiger partial charge in [0.1, 0.15) is 0 Å². The second-order valence-electron chi connectivity index (χ2n) is 3.28. The van der Waals surface area contributed by atoms with Crippen molar-refractivity contribution >= 4 is 11.3 Å². The summed E-state index contributed by atoms with van der Waals surface area (Å²) in [7, 11) is 0. The van der Waals surface area contributed by atoms with E-state index in [0.717, 1.165) is 12.8 Å². The monoisotopic (exact) mass is 200 g/mol. The van der Waals surface area contributed by atoms with Gasteiger partial charge in [0, 0.05) is 28.9 Å². The van der Waals surface area contributed by atoms with Crippen molar-refractivity contribution in [3.63, 3.8) is 0 Å². The van der Waals surface area contributed by atoms with Gasteiger partial charge in [0.15, 0.2) is 0 Å². The molecule has 0 saturated carbocycles. The molecule has 0 unspecified atom stereocenters. The van der Waals surface area contributed by atoms with Crippen LogP contribution in [-0.2, 0) is 6.42 Å². The highest BCUT2D eigenvalue weighted by molar-refractivity contribution is 7.11. The zero-order chi connectivity index (χ0) is 9.68. The Morgan fingerprint density at radius 1 is 1.31 bits per heavy atom. The molecule has 0 amide bonds. The van der Waals surface area contributed by atoms with Gasteiger partial charge >= 0.3 is 0 Å². The standard InChI is InChI=1S/C10H16O2S/c1-8-2-4-10(13-8)5-3-9(6-11)7-12/h2,4,9,11-12H,3,5-7H2,1H3. The maximum absolute atomic E-state index is 8.85. The van der Waals surface area contributed by atoms with Crippen LogP contribution >= 0.6 is 11.3 Å². The number of aliphatic hydroxyl groups is 2. The van der Waals surface area contributed by atoms with Crippen LogP contribution in [0.3, 0.4) is 0 Å². The summed E-state index contributed by atoms with van der Waals surface area (Å²) in [6.07, 6.45) is 1.83. The number of thiophene rings is 1. The van der Waals surface area contributed by atoms with Crippen molar-refractivity contribution in [3.05, 3.63) is 21.9 Å². The smallest absolute Gasteiger partial charge is 0.0481 e. The Morgan fingerprint density at radius 3 is 2.46 bits per heavy atom. The van der Waals surface area contributed by atoms with Crippen LogP contribution in [0.25, 0.3) is 0 Å². The highest BCUT2D eigenvalue weighted by Gasteiger charge is 2.06. The van der Waals surface area contributed by atoms with E-state index in [1.165, 1.54) is 9.75 Å². The number of hydrogen-bond acceptors (Lipinski definition) is 3. The molecule has 1 heterocycles. The van der Waals surface area contributed by atoms with Gasteiger partial charge < -0.3 is 10.2 Å². The molecule has 3 heteroatoms. The van der Waals surface area contributed by atoms with E-state index in [1.54, 1.807) is 11.3 Å². The van der Waals surface area contributed by atoms with Crippen molar-refractivity contribution < 1.29 is 10.2 Å². The third-order valence-electron chi connectivity index (χ3n) is 2.11. The normalized spacial score (nSPS) is 11.1. The van der Waals surface area contributed by atoms with Crippen LogP contribution in [0.15, 0.2) is 12.1 Å². The lowest BCUT2D eigenvalue weighted by molar-refractivity contribution is 0.144. The molecular formula is C10H16O2S.